The summed E-state index contributed by atoms with van der Waals surface area (Å²) in [6, 6.07) is 3.01. The average Bonchev–Trinajstić information content (AvgIpc) is 2.75. The summed E-state index contributed by atoms with van der Waals surface area (Å²) >= 11 is 1.01. The Morgan fingerprint density at radius 2 is 2.22 bits per heavy atom. The van der Waals surface area contributed by atoms with Crippen LogP contribution in [0.1, 0.15) is 18.2 Å². The molecule has 1 aliphatic carbocycles. The van der Waals surface area contributed by atoms with Crippen molar-refractivity contribution in [1.29, 1.82) is 0 Å². The summed E-state index contributed by atoms with van der Waals surface area (Å²) in [5, 5.41) is 8.63. The lowest BCUT2D eigenvalue weighted by Crippen LogP contribution is -2.25. The molecule has 0 amide bonds. The molecule has 1 heterocycles. The molecule has 2 atom stereocenters. The quantitative estimate of drug-likeness (QED) is 0.827. The molecule has 18 heavy (non-hydrogen) atoms. The molecule has 0 aromatic carbocycles. The number of rotatable bonds is 6. The number of aliphatic carboxylic acids is 1. The van der Waals surface area contributed by atoms with Crippen LogP contribution in [-0.4, -0.2) is 26.0 Å². The number of carbonyl (C=O) groups is 1. The molecule has 0 saturated heterocycles. The second kappa shape index (κ2) is 4.99. The molecule has 0 aliphatic heterocycles. The Hall–Kier alpha value is -0.920. The first-order valence-electron chi connectivity index (χ1n) is 5.68. The van der Waals surface area contributed by atoms with Gasteiger partial charge in [-0.05, 0) is 30.4 Å². The fourth-order valence-corrected chi connectivity index (χ4v) is 4.20. The van der Waals surface area contributed by atoms with E-state index in [2.05, 4.69) is 11.6 Å². The van der Waals surface area contributed by atoms with Gasteiger partial charge in [0.1, 0.15) is 4.21 Å². The molecule has 2 N–H and O–H groups in total. The summed E-state index contributed by atoms with van der Waals surface area (Å²) in [7, 11) is -3.48. The summed E-state index contributed by atoms with van der Waals surface area (Å²) < 4.78 is 26.6. The topological polar surface area (TPSA) is 83.5 Å². The van der Waals surface area contributed by atoms with E-state index >= 15 is 0 Å². The fraction of sp³-hybridized carbons (Fsp3) is 0.545. The van der Waals surface area contributed by atoms with Crippen molar-refractivity contribution < 1.29 is 18.3 Å². The Labute approximate surface area is 110 Å². The van der Waals surface area contributed by atoms with Crippen LogP contribution in [0.25, 0.3) is 0 Å². The molecule has 1 aromatic heterocycles. The molecule has 0 spiro atoms. The Balaban J connectivity index is 2.00. The molecule has 2 unspecified atom stereocenters. The zero-order chi connectivity index (χ0) is 13.3. The van der Waals surface area contributed by atoms with Crippen molar-refractivity contribution in [2.75, 3.05) is 6.54 Å². The van der Waals surface area contributed by atoms with Gasteiger partial charge >= 0.3 is 5.97 Å². The van der Waals surface area contributed by atoms with Gasteiger partial charge in [0.05, 0.1) is 6.42 Å². The summed E-state index contributed by atoms with van der Waals surface area (Å²) in [4.78, 5) is 11.1. The van der Waals surface area contributed by atoms with Crippen LogP contribution < -0.4 is 4.72 Å². The summed E-state index contributed by atoms with van der Waals surface area (Å²) in [5.41, 5.74) is 0. The third-order valence-electron chi connectivity index (χ3n) is 3.04. The van der Waals surface area contributed by atoms with Crippen LogP contribution >= 0.6 is 11.3 Å². The van der Waals surface area contributed by atoms with Gasteiger partial charge in [0.2, 0.25) is 10.0 Å². The average molecular weight is 289 g/mol. The monoisotopic (exact) mass is 289 g/mol. The highest BCUT2D eigenvalue weighted by atomic mass is 32.2. The normalized spacial score (nSPS) is 22.9. The number of hydrogen-bond acceptors (Lipinski definition) is 4. The second-order valence-electron chi connectivity index (χ2n) is 4.62. The van der Waals surface area contributed by atoms with Crippen molar-refractivity contribution in [1.82, 2.24) is 4.72 Å². The smallest absolute Gasteiger partial charge is 0.308 e. The van der Waals surface area contributed by atoms with Crippen LogP contribution in [0.15, 0.2) is 16.3 Å². The van der Waals surface area contributed by atoms with Gasteiger partial charge < -0.3 is 5.11 Å². The first-order valence-corrected chi connectivity index (χ1v) is 7.98. The third kappa shape index (κ3) is 3.30. The zero-order valence-corrected chi connectivity index (χ0v) is 11.6. The number of carboxylic acids is 1. The lowest BCUT2D eigenvalue weighted by atomic mass is 10.3. The van der Waals surface area contributed by atoms with E-state index in [4.69, 9.17) is 5.11 Å². The van der Waals surface area contributed by atoms with Gasteiger partial charge in [0, 0.05) is 11.4 Å². The predicted molar refractivity (Wildman–Crippen MR) is 68.1 cm³/mol. The van der Waals surface area contributed by atoms with Crippen molar-refractivity contribution in [3.63, 3.8) is 0 Å². The van der Waals surface area contributed by atoms with E-state index < -0.39 is 16.0 Å². The molecule has 1 aromatic rings. The largest absolute Gasteiger partial charge is 0.481 e. The van der Waals surface area contributed by atoms with Crippen LogP contribution in [0.3, 0.4) is 0 Å². The predicted octanol–water partition coefficient (Wildman–Crippen LogP) is 1.31. The highest BCUT2D eigenvalue weighted by Gasteiger charge is 2.33. The molecule has 1 saturated carbocycles. The van der Waals surface area contributed by atoms with E-state index in [0.717, 1.165) is 17.8 Å². The van der Waals surface area contributed by atoms with E-state index in [-0.39, 0.29) is 10.6 Å². The van der Waals surface area contributed by atoms with Gasteiger partial charge in [-0.1, -0.05) is 6.92 Å². The lowest BCUT2D eigenvalue weighted by Gasteiger charge is -2.03. The number of thiophene rings is 1. The molecule has 1 aliphatic rings. The Bertz CT molecular complexity index is 549. The minimum absolute atomic E-state index is 0.139. The minimum Gasteiger partial charge on any atom is -0.481 e. The Kier molecular flexibility index (Phi) is 3.74. The van der Waals surface area contributed by atoms with E-state index in [0.29, 0.717) is 23.3 Å². The van der Waals surface area contributed by atoms with Crippen LogP contribution in [-0.2, 0) is 21.2 Å². The second-order valence-corrected chi connectivity index (χ2v) is 7.78. The number of nitrogens with one attached hydrogen (secondary N) is 1. The Morgan fingerprint density at radius 1 is 1.56 bits per heavy atom. The maximum Gasteiger partial charge on any atom is 0.308 e. The summed E-state index contributed by atoms with van der Waals surface area (Å²) in [5.74, 6) is 0.0809. The molecule has 5 nitrogen and oxygen atoms in total. The Morgan fingerprint density at radius 3 is 2.78 bits per heavy atom. The summed E-state index contributed by atoms with van der Waals surface area (Å²) in [6.07, 6.45) is 0.928. The lowest BCUT2D eigenvalue weighted by molar-refractivity contribution is -0.136. The standard InChI is InChI=1S/C11H15NO4S2/c1-7-4-8(7)6-12-18(15,16)11-3-2-9(17-11)5-10(13)14/h2-3,7-8,12H,4-6H2,1H3,(H,13,14). The molecule has 2 rings (SSSR count). The molecule has 0 radical (unpaired) electrons. The van der Waals surface area contributed by atoms with Crippen molar-refractivity contribution in [2.45, 2.75) is 24.0 Å². The molecular formula is C11H15NO4S2. The highest BCUT2D eigenvalue weighted by molar-refractivity contribution is 7.91. The summed E-state index contributed by atoms with van der Waals surface area (Å²) in [6.45, 7) is 2.56. The van der Waals surface area contributed by atoms with E-state index in [1.165, 1.54) is 6.07 Å². The molecule has 100 valence electrons. The molecule has 7 heteroatoms. The van der Waals surface area contributed by atoms with Gasteiger partial charge in [-0.3, -0.25) is 4.79 Å². The van der Waals surface area contributed by atoms with Crippen molar-refractivity contribution >= 4 is 27.3 Å². The van der Waals surface area contributed by atoms with E-state index in [1.807, 2.05) is 0 Å². The van der Waals surface area contributed by atoms with Crippen LogP contribution in [0, 0.1) is 11.8 Å². The zero-order valence-electron chi connectivity index (χ0n) is 9.92. The first kappa shape index (κ1) is 13.5. The van der Waals surface area contributed by atoms with Gasteiger partial charge in [0.25, 0.3) is 0 Å². The molecule has 0 bridgehead atoms. The maximum atomic E-state index is 11.9. The SMILES string of the molecule is CC1CC1CNS(=O)(=O)c1ccc(CC(=O)O)s1. The van der Waals surface area contributed by atoms with Gasteiger partial charge in [0.15, 0.2) is 0 Å². The van der Waals surface area contributed by atoms with Crippen LogP contribution in [0.2, 0.25) is 0 Å². The fourth-order valence-electron chi connectivity index (χ4n) is 1.72. The van der Waals surface area contributed by atoms with Gasteiger partial charge in [-0.15, -0.1) is 11.3 Å². The van der Waals surface area contributed by atoms with Gasteiger partial charge in [-0.25, -0.2) is 13.1 Å². The number of sulfonamides is 1. The van der Waals surface area contributed by atoms with E-state index in [1.54, 1.807) is 6.07 Å². The number of carboxylic acid groups (broad SMARTS) is 1. The number of hydrogen-bond donors (Lipinski definition) is 2. The minimum atomic E-state index is -3.48. The van der Waals surface area contributed by atoms with Crippen molar-refractivity contribution in [3.8, 4) is 0 Å². The van der Waals surface area contributed by atoms with Crippen LogP contribution in [0.4, 0.5) is 0 Å². The maximum absolute atomic E-state index is 11.9. The molecular weight excluding hydrogens is 274 g/mol. The third-order valence-corrected chi connectivity index (χ3v) is 6.04. The van der Waals surface area contributed by atoms with Gasteiger partial charge in [-0.2, -0.15) is 0 Å². The highest BCUT2D eigenvalue weighted by Crippen LogP contribution is 2.37. The van der Waals surface area contributed by atoms with Crippen molar-refractivity contribution in [3.05, 3.63) is 17.0 Å². The van der Waals surface area contributed by atoms with E-state index in [9.17, 15) is 13.2 Å². The molecule has 1 fully saturated rings. The van der Waals surface area contributed by atoms with Crippen LogP contribution in [0.5, 0.6) is 0 Å². The first-order chi connectivity index (χ1) is 8.38. The van der Waals surface area contributed by atoms with Crippen molar-refractivity contribution in [2.24, 2.45) is 11.8 Å².